The summed E-state index contributed by atoms with van der Waals surface area (Å²) < 4.78 is 0. The lowest BCUT2D eigenvalue weighted by Crippen LogP contribution is -2.07. The highest BCUT2D eigenvalue weighted by atomic mass is 79.9. The largest absolute Gasteiger partial charge is 0.0786 e. The SMILES string of the molecule is CC1=C(CC2c3ccccc3-c3ccccc32)C2=Cc3ccccc3C(Br)C2=C1. The summed E-state index contributed by atoms with van der Waals surface area (Å²) in [5.41, 5.74) is 14.2. The number of benzene rings is 3. The zero-order chi connectivity index (χ0) is 19.5. The normalized spacial score (nSPS) is 19.3. The van der Waals surface area contributed by atoms with Crippen LogP contribution in [-0.2, 0) is 0 Å². The van der Waals surface area contributed by atoms with Crippen LogP contribution in [0.3, 0.4) is 0 Å². The third-order valence-electron chi connectivity index (χ3n) is 6.70. The molecule has 3 aliphatic carbocycles. The maximum absolute atomic E-state index is 3.98. The molecule has 0 fully saturated rings. The molecular weight excluding hydrogens is 416 g/mol. The number of hydrogen-bond donors (Lipinski definition) is 0. The highest BCUT2D eigenvalue weighted by molar-refractivity contribution is 9.09. The minimum absolute atomic E-state index is 0.273. The zero-order valence-corrected chi connectivity index (χ0v) is 17.9. The van der Waals surface area contributed by atoms with Crippen molar-refractivity contribution in [1.82, 2.24) is 0 Å². The van der Waals surface area contributed by atoms with Gasteiger partial charge in [0, 0.05) is 5.92 Å². The molecule has 0 amide bonds. The van der Waals surface area contributed by atoms with Crippen LogP contribution in [0.5, 0.6) is 0 Å². The lowest BCUT2D eigenvalue weighted by Gasteiger charge is -2.25. The lowest BCUT2D eigenvalue weighted by molar-refractivity contribution is 0.820. The molecule has 0 nitrogen and oxygen atoms in total. The Morgan fingerprint density at radius 1 is 0.724 bits per heavy atom. The van der Waals surface area contributed by atoms with Crippen LogP contribution in [0.1, 0.15) is 46.3 Å². The van der Waals surface area contributed by atoms with E-state index in [1.54, 1.807) is 0 Å². The van der Waals surface area contributed by atoms with Crippen LogP contribution in [-0.4, -0.2) is 0 Å². The van der Waals surface area contributed by atoms with Gasteiger partial charge in [-0.05, 0) is 75.1 Å². The summed E-state index contributed by atoms with van der Waals surface area (Å²) >= 11 is 3.98. The molecule has 1 heteroatoms. The maximum atomic E-state index is 3.98. The van der Waals surface area contributed by atoms with Crippen molar-refractivity contribution in [2.75, 3.05) is 0 Å². The average Bonchev–Trinajstić information content (AvgIpc) is 3.24. The Morgan fingerprint density at radius 3 is 2.00 bits per heavy atom. The Labute approximate surface area is 180 Å². The first-order valence-electron chi connectivity index (χ1n) is 10.3. The van der Waals surface area contributed by atoms with Crippen molar-refractivity contribution in [2.45, 2.75) is 24.1 Å². The Kier molecular flexibility index (Phi) is 3.82. The molecule has 3 aromatic carbocycles. The molecule has 0 saturated heterocycles. The average molecular weight is 437 g/mol. The van der Waals surface area contributed by atoms with Gasteiger partial charge in [-0.25, -0.2) is 0 Å². The van der Waals surface area contributed by atoms with Crippen LogP contribution in [0.4, 0.5) is 0 Å². The number of hydrogen-bond acceptors (Lipinski definition) is 0. The van der Waals surface area contributed by atoms with Crippen molar-refractivity contribution >= 4 is 22.0 Å². The van der Waals surface area contributed by atoms with Gasteiger partial charge in [0.2, 0.25) is 0 Å². The van der Waals surface area contributed by atoms with E-state index >= 15 is 0 Å². The molecule has 6 rings (SSSR count). The van der Waals surface area contributed by atoms with E-state index in [2.05, 4.69) is 108 Å². The number of allylic oxidation sites excluding steroid dienone is 5. The van der Waals surface area contributed by atoms with E-state index in [0.717, 1.165) is 6.42 Å². The fourth-order valence-corrected chi connectivity index (χ4v) is 6.11. The summed E-state index contributed by atoms with van der Waals surface area (Å²) in [5.74, 6) is 0.423. The summed E-state index contributed by atoms with van der Waals surface area (Å²) in [6.45, 7) is 2.28. The van der Waals surface area contributed by atoms with E-state index in [9.17, 15) is 0 Å². The van der Waals surface area contributed by atoms with Crippen molar-refractivity contribution in [3.63, 3.8) is 0 Å². The fraction of sp³-hybridized carbons (Fsp3) is 0.143. The molecule has 0 saturated carbocycles. The highest BCUT2D eigenvalue weighted by Crippen LogP contribution is 2.53. The zero-order valence-electron chi connectivity index (χ0n) is 16.3. The van der Waals surface area contributed by atoms with Gasteiger partial charge in [-0.1, -0.05) is 94.8 Å². The van der Waals surface area contributed by atoms with E-state index in [0.29, 0.717) is 5.92 Å². The Hall–Kier alpha value is -2.64. The van der Waals surface area contributed by atoms with Crippen molar-refractivity contribution in [3.8, 4) is 11.1 Å². The second-order valence-corrected chi connectivity index (χ2v) is 9.16. The minimum atomic E-state index is 0.273. The summed E-state index contributed by atoms with van der Waals surface area (Å²) in [7, 11) is 0. The third-order valence-corrected chi connectivity index (χ3v) is 7.68. The number of alkyl halides is 1. The highest BCUT2D eigenvalue weighted by Gasteiger charge is 2.34. The number of fused-ring (bicyclic) bond motifs is 5. The van der Waals surface area contributed by atoms with Gasteiger partial charge in [-0.15, -0.1) is 0 Å². The maximum Gasteiger partial charge on any atom is 0.0656 e. The van der Waals surface area contributed by atoms with Crippen LogP contribution in [0.25, 0.3) is 17.2 Å². The molecule has 140 valence electrons. The van der Waals surface area contributed by atoms with Crippen molar-refractivity contribution < 1.29 is 0 Å². The molecule has 1 atom stereocenters. The van der Waals surface area contributed by atoms with Gasteiger partial charge in [-0.2, -0.15) is 0 Å². The first kappa shape index (κ1) is 17.2. The van der Waals surface area contributed by atoms with E-state index < -0.39 is 0 Å². The third kappa shape index (κ3) is 2.50. The van der Waals surface area contributed by atoms with E-state index in [-0.39, 0.29) is 4.83 Å². The lowest BCUT2D eigenvalue weighted by atomic mass is 9.82. The van der Waals surface area contributed by atoms with Crippen LogP contribution in [0.15, 0.2) is 101 Å². The molecule has 0 heterocycles. The van der Waals surface area contributed by atoms with Crippen molar-refractivity contribution in [2.24, 2.45) is 0 Å². The second-order valence-electron chi connectivity index (χ2n) is 8.24. The Bertz CT molecular complexity index is 1210. The summed E-state index contributed by atoms with van der Waals surface area (Å²) in [6, 6.07) is 26.6. The first-order valence-corrected chi connectivity index (χ1v) is 11.2. The van der Waals surface area contributed by atoms with E-state index in [4.69, 9.17) is 0 Å². The Balaban J connectivity index is 1.45. The summed E-state index contributed by atoms with van der Waals surface area (Å²) in [4.78, 5) is 0.273. The van der Waals surface area contributed by atoms with E-state index in [1.165, 1.54) is 55.7 Å². The Morgan fingerprint density at radius 2 is 1.31 bits per heavy atom. The van der Waals surface area contributed by atoms with Crippen LogP contribution in [0, 0.1) is 0 Å². The van der Waals surface area contributed by atoms with Crippen molar-refractivity contribution in [3.05, 3.63) is 123 Å². The molecule has 0 radical (unpaired) electrons. The van der Waals surface area contributed by atoms with Gasteiger partial charge in [0.25, 0.3) is 0 Å². The first-order chi connectivity index (χ1) is 14.2. The smallest absolute Gasteiger partial charge is 0.0656 e. The summed E-state index contributed by atoms with van der Waals surface area (Å²) in [5, 5.41) is 0. The van der Waals surface area contributed by atoms with Crippen LogP contribution >= 0.6 is 15.9 Å². The minimum Gasteiger partial charge on any atom is -0.0786 e. The van der Waals surface area contributed by atoms with Gasteiger partial charge in [-0.3, -0.25) is 0 Å². The second kappa shape index (κ2) is 6.43. The predicted molar refractivity (Wildman–Crippen MR) is 125 cm³/mol. The van der Waals surface area contributed by atoms with Gasteiger partial charge in [0.05, 0.1) is 4.83 Å². The number of halogens is 1. The molecule has 0 spiro atoms. The van der Waals surface area contributed by atoms with E-state index in [1.807, 2.05) is 0 Å². The number of rotatable bonds is 2. The molecule has 0 bridgehead atoms. The molecule has 3 aromatic rings. The fourth-order valence-electron chi connectivity index (χ4n) is 5.32. The molecule has 0 aliphatic heterocycles. The van der Waals surface area contributed by atoms with Gasteiger partial charge < -0.3 is 0 Å². The standard InChI is InChI=1S/C28H21Br/c1-17-14-27-25(15-18-8-2-3-9-19(18)28(27)29)24(17)16-26-22-12-6-4-10-20(22)21-11-5-7-13-23(21)26/h2-15,26,28H,16H2,1H3. The topological polar surface area (TPSA) is 0 Å². The van der Waals surface area contributed by atoms with Crippen LogP contribution in [0.2, 0.25) is 0 Å². The monoisotopic (exact) mass is 436 g/mol. The van der Waals surface area contributed by atoms with Crippen LogP contribution < -0.4 is 0 Å². The van der Waals surface area contributed by atoms with Gasteiger partial charge in [0.1, 0.15) is 0 Å². The predicted octanol–water partition coefficient (Wildman–Crippen LogP) is 7.98. The molecular formula is C28H21Br. The molecule has 0 N–H and O–H groups in total. The molecule has 1 unspecified atom stereocenters. The van der Waals surface area contributed by atoms with Crippen molar-refractivity contribution in [1.29, 1.82) is 0 Å². The molecule has 3 aliphatic rings. The van der Waals surface area contributed by atoms with Gasteiger partial charge >= 0.3 is 0 Å². The summed E-state index contributed by atoms with van der Waals surface area (Å²) in [6.07, 6.45) is 5.84. The molecule has 29 heavy (non-hydrogen) atoms. The molecule has 0 aromatic heterocycles. The quantitative estimate of drug-likeness (QED) is 0.357. The van der Waals surface area contributed by atoms with Gasteiger partial charge in [0.15, 0.2) is 0 Å².